The lowest BCUT2D eigenvalue weighted by molar-refractivity contribution is -0.141. The number of amides is 1. The van der Waals surface area contributed by atoms with Crippen molar-refractivity contribution in [1.29, 1.82) is 0 Å². The first-order chi connectivity index (χ1) is 12.6. The van der Waals surface area contributed by atoms with E-state index in [1.54, 1.807) is 4.90 Å². The third-order valence-corrected chi connectivity index (χ3v) is 5.82. The number of hydrogen-bond acceptors (Lipinski definition) is 5. The van der Waals surface area contributed by atoms with Gasteiger partial charge in [0.15, 0.2) is 0 Å². The lowest BCUT2D eigenvalue weighted by Crippen LogP contribution is -2.45. The number of benzene rings is 1. The van der Waals surface area contributed by atoms with Crippen molar-refractivity contribution < 1.29 is 23.9 Å². The van der Waals surface area contributed by atoms with Crippen LogP contribution in [0.25, 0.3) is 0 Å². The third kappa shape index (κ3) is 4.31. The fourth-order valence-electron chi connectivity index (χ4n) is 3.33. The second-order valence-corrected chi connectivity index (χ2v) is 8.48. The quantitative estimate of drug-likeness (QED) is 0.812. The Labute approximate surface area is 161 Å². The topological polar surface area (TPSA) is 68.2 Å². The summed E-state index contributed by atoms with van der Waals surface area (Å²) in [6.45, 7) is 10.9. The summed E-state index contributed by atoms with van der Waals surface area (Å²) in [6.07, 6.45) is 0.658. The predicted molar refractivity (Wildman–Crippen MR) is 104 cm³/mol. The van der Waals surface area contributed by atoms with Crippen LogP contribution in [0.2, 0.25) is 0 Å². The number of aliphatic hydroxyl groups excluding tert-OH is 1. The molecule has 0 bridgehead atoms. The van der Waals surface area contributed by atoms with Gasteiger partial charge in [0.25, 0.3) is 5.91 Å². The van der Waals surface area contributed by atoms with Gasteiger partial charge in [-0.2, -0.15) is 0 Å². The number of aliphatic hydroxyl groups is 1. The SMILES string of the molecule is C[C@@H](O)C(=O)N1CCC(Oc2ccc(B3OC(C)(C)C(C)(C)O3)cc2)CC1. The molecule has 0 aliphatic carbocycles. The minimum absolute atomic E-state index is 0.0748. The summed E-state index contributed by atoms with van der Waals surface area (Å²) in [5.74, 6) is 0.593. The van der Waals surface area contributed by atoms with E-state index in [4.69, 9.17) is 14.0 Å². The second-order valence-electron chi connectivity index (χ2n) is 8.48. The number of piperidine rings is 1. The first kappa shape index (κ1) is 20.2. The highest BCUT2D eigenvalue weighted by molar-refractivity contribution is 6.62. The summed E-state index contributed by atoms with van der Waals surface area (Å²) >= 11 is 0. The minimum Gasteiger partial charge on any atom is -0.490 e. The number of carbonyl (C=O) groups is 1. The molecule has 1 atom stereocenters. The molecule has 0 spiro atoms. The van der Waals surface area contributed by atoms with E-state index >= 15 is 0 Å². The predicted octanol–water partition coefficient (Wildman–Crippen LogP) is 1.74. The van der Waals surface area contributed by atoms with Crippen molar-refractivity contribution in [2.24, 2.45) is 0 Å². The Kier molecular flexibility index (Phi) is 5.57. The molecule has 0 saturated carbocycles. The van der Waals surface area contributed by atoms with E-state index in [9.17, 15) is 9.90 Å². The molecular formula is C20H30BNO5. The van der Waals surface area contributed by atoms with Crippen LogP contribution in [0.5, 0.6) is 5.75 Å². The molecule has 2 aliphatic rings. The summed E-state index contributed by atoms with van der Waals surface area (Å²) in [4.78, 5) is 13.5. The molecule has 7 heteroatoms. The van der Waals surface area contributed by atoms with Gasteiger partial charge in [-0.25, -0.2) is 0 Å². The first-order valence-electron chi connectivity index (χ1n) is 9.68. The molecule has 0 radical (unpaired) electrons. The lowest BCUT2D eigenvalue weighted by atomic mass is 9.79. The van der Waals surface area contributed by atoms with Gasteiger partial charge in [-0.05, 0) is 52.2 Å². The Morgan fingerprint density at radius 1 is 1.15 bits per heavy atom. The molecule has 2 saturated heterocycles. The zero-order valence-electron chi connectivity index (χ0n) is 16.9. The van der Waals surface area contributed by atoms with Crippen molar-refractivity contribution in [2.45, 2.75) is 70.9 Å². The lowest BCUT2D eigenvalue weighted by Gasteiger charge is -2.32. The molecule has 2 fully saturated rings. The van der Waals surface area contributed by atoms with Crippen LogP contribution in [0, 0.1) is 0 Å². The third-order valence-electron chi connectivity index (χ3n) is 5.82. The van der Waals surface area contributed by atoms with Gasteiger partial charge in [0.2, 0.25) is 0 Å². The van der Waals surface area contributed by atoms with Crippen LogP contribution in [0.3, 0.4) is 0 Å². The van der Waals surface area contributed by atoms with Gasteiger partial charge in [-0.3, -0.25) is 4.79 Å². The van der Waals surface area contributed by atoms with Crippen molar-refractivity contribution in [3.63, 3.8) is 0 Å². The van der Waals surface area contributed by atoms with E-state index < -0.39 is 6.10 Å². The summed E-state index contributed by atoms with van der Waals surface area (Å²) in [6, 6.07) is 7.83. The molecule has 1 amide bonds. The Morgan fingerprint density at radius 2 is 1.67 bits per heavy atom. The van der Waals surface area contributed by atoms with Crippen LogP contribution >= 0.6 is 0 Å². The second kappa shape index (κ2) is 7.45. The maximum absolute atomic E-state index is 11.8. The summed E-state index contributed by atoms with van der Waals surface area (Å²) in [7, 11) is -0.376. The van der Waals surface area contributed by atoms with Crippen molar-refractivity contribution in [1.82, 2.24) is 4.90 Å². The van der Waals surface area contributed by atoms with Crippen molar-refractivity contribution >= 4 is 18.5 Å². The van der Waals surface area contributed by atoms with E-state index in [0.717, 1.165) is 24.1 Å². The molecule has 148 valence electrons. The van der Waals surface area contributed by atoms with Gasteiger partial charge in [0, 0.05) is 25.9 Å². The van der Waals surface area contributed by atoms with Crippen LogP contribution < -0.4 is 10.2 Å². The van der Waals surface area contributed by atoms with Crippen molar-refractivity contribution in [3.8, 4) is 5.75 Å². The Bertz CT molecular complexity index is 649. The fourth-order valence-corrected chi connectivity index (χ4v) is 3.33. The number of nitrogens with zero attached hydrogens (tertiary/aromatic N) is 1. The highest BCUT2D eigenvalue weighted by atomic mass is 16.7. The van der Waals surface area contributed by atoms with Gasteiger partial charge in [0.05, 0.1) is 11.2 Å². The normalized spacial score (nSPS) is 23.3. The molecule has 2 aliphatic heterocycles. The molecule has 1 aromatic rings. The average Bonchev–Trinajstić information content (AvgIpc) is 2.83. The first-order valence-corrected chi connectivity index (χ1v) is 9.68. The van der Waals surface area contributed by atoms with Crippen LogP contribution in [-0.2, 0) is 14.1 Å². The average molecular weight is 375 g/mol. The Balaban J connectivity index is 1.54. The van der Waals surface area contributed by atoms with E-state index in [0.29, 0.717) is 13.1 Å². The van der Waals surface area contributed by atoms with Gasteiger partial charge in [-0.15, -0.1) is 0 Å². The molecule has 0 unspecified atom stereocenters. The van der Waals surface area contributed by atoms with Crippen LogP contribution in [-0.4, -0.2) is 59.5 Å². The molecule has 1 N–H and O–H groups in total. The monoisotopic (exact) mass is 375 g/mol. The molecule has 1 aromatic carbocycles. The zero-order chi connectivity index (χ0) is 19.8. The highest BCUT2D eigenvalue weighted by Crippen LogP contribution is 2.36. The minimum atomic E-state index is -0.940. The Morgan fingerprint density at radius 3 is 2.15 bits per heavy atom. The summed E-state index contributed by atoms with van der Waals surface area (Å²) in [5, 5.41) is 9.41. The number of ether oxygens (including phenoxy) is 1. The molecule has 6 nitrogen and oxygen atoms in total. The van der Waals surface area contributed by atoms with Gasteiger partial charge >= 0.3 is 7.12 Å². The van der Waals surface area contributed by atoms with Crippen molar-refractivity contribution in [3.05, 3.63) is 24.3 Å². The number of hydrogen-bond donors (Lipinski definition) is 1. The maximum atomic E-state index is 11.8. The van der Waals surface area contributed by atoms with E-state index in [1.165, 1.54) is 6.92 Å². The van der Waals surface area contributed by atoms with Crippen LogP contribution in [0.4, 0.5) is 0 Å². The van der Waals surface area contributed by atoms with Gasteiger partial charge < -0.3 is 24.1 Å². The van der Waals surface area contributed by atoms with E-state index in [1.807, 2.05) is 52.0 Å². The molecule has 0 aromatic heterocycles. The fraction of sp³-hybridized carbons (Fsp3) is 0.650. The summed E-state index contributed by atoms with van der Waals surface area (Å²) < 4.78 is 18.2. The smallest absolute Gasteiger partial charge is 0.490 e. The number of rotatable bonds is 4. The molecule has 27 heavy (non-hydrogen) atoms. The number of likely N-dealkylation sites (tertiary alicyclic amines) is 1. The molecule has 2 heterocycles. The largest absolute Gasteiger partial charge is 0.494 e. The van der Waals surface area contributed by atoms with Crippen LogP contribution in [0.15, 0.2) is 24.3 Å². The summed E-state index contributed by atoms with van der Waals surface area (Å²) in [5.41, 5.74) is 0.257. The number of carbonyl (C=O) groups excluding carboxylic acids is 1. The zero-order valence-corrected chi connectivity index (χ0v) is 16.9. The highest BCUT2D eigenvalue weighted by Gasteiger charge is 2.51. The molecule has 3 rings (SSSR count). The van der Waals surface area contributed by atoms with E-state index in [-0.39, 0.29) is 30.3 Å². The van der Waals surface area contributed by atoms with Crippen LogP contribution in [0.1, 0.15) is 47.5 Å². The Hall–Kier alpha value is -1.57. The standard InChI is InChI=1S/C20H30BNO5/c1-14(23)18(24)22-12-10-17(11-13-22)25-16-8-6-15(7-9-16)21-26-19(2,3)20(4,5)27-21/h6-9,14,17,23H,10-13H2,1-5H3/t14-/m1/s1. The maximum Gasteiger partial charge on any atom is 0.494 e. The van der Waals surface area contributed by atoms with Gasteiger partial charge in [0.1, 0.15) is 18.0 Å². The molecular weight excluding hydrogens is 345 g/mol. The van der Waals surface area contributed by atoms with E-state index in [2.05, 4.69) is 0 Å². The van der Waals surface area contributed by atoms with Crippen molar-refractivity contribution in [2.75, 3.05) is 13.1 Å². The van der Waals surface area contributed by atoms with Gasteiger partial charge in [-0.1, -0.05) is 12.1 Å².